The van der Waals surface area contributed by atoms with E-state index in [0.717, 1.165) is 29.2 Å². The van der Waals surface area contributed by atoms with Gasteiger partial charge in [0, 0.05) is 6.54 Å². The Morgan fingerprint density at radius 3 is 3.18 bits per heavy atom. The first kappa shape index (κ1) is 13.1. The van der Waals surface area contributed by atoms with Crippen molar-refractivity contribution in [1.29, 1.82) is 0 Å². The van der Waals surface area contributed by atoms with Gasteiger partial charge in [0.2, 0.25) is 0 Å². The molecule has 2 heterocycles. The summed E-state index contributed by atoms with van der Waals surface area (Å²) in [7, 11) is 0. The summed E-state index contributed by atoms with van der Waals surface area (Å²) in [6.07, 6.45) is 7.73. The number of hydrogen-bond donors (Lipinski definition) is 1. The molecule has 1 aliphatic rings. The summed E-state index contributed by atoms with van der Waals surface area (Å²) >= 11 is 0. The molecule has 0 spiro atoms. The Bertz CT molecular complexity index is 816. The lowest BCUT2D eigenvalue weighted by molar-refractivity contribution is 0.0463. The average Bonchev–Trinajstić information content (AvgIpc) is 3.05. The minimum atomic E-state index is -0.337. The van der Waals surface area contributed by atoms with Crippen molar-refractivity contribution in [2.45, 2.75) is 26.0 Å². The van der Waals surface area contributed by atoms with Gasteiger partial charge in [-0.2, -0.15) is 0 Å². The second-order valence-corrected chi connectivity index (χ2v) is 5.69. The van der Waals surface area contributed by atoms with Gasteiger partial charge in [0.05, 0.1) is 41.1 Å². The number of nitrogens with one attached hydrogen (secondary N) is 1. The number of H-pyrrole nitrogens is 1. The maximum atomic E-state index is 12.2. The zero-order valence-electron chi connectivity index (χ0n) is 12.0. The summed E-state index contributed by atoms with van der Waals surface area (Å²) in [5, 5.41) is 0. The summed E-state index contributed by atoms with van der Waals surface area (Å²) in [4.78, 5) is 23.4. The quantitative estimate of drug-likeness (QED) is 0.734. The maximum absolute atomic E-state index is 12.2. The number of hydrogen-bond acceptors (Lipinski definition) is 4. The van der Waals surface area contributed by atoms with Crippen molar-refractivity contribution in [2.24, 2.45) is 5.92 Å². The molecule has 0 unspecified atom stereocenters. The molecule has 0 atom stereocenters. The molecule has 6 nitrogen and oxygen atoms in total. The van der Waals surface area contributed by atoms with Crippen LogP contribution in [0, 0.1) is 5.92 Å². The zero-order valence-corrected chi connectivity index (χ0v) is 12.0. The molecule has 0 amide bonds. The molecule has 1 aromatic carbocycles. The number of benzene rings is 1. The van der Waals surface area contributed by atoms with Gasteiger partial charge in [-0.05, 0) is 37.0 Å². The SMILES string of the molecule is O=C(OCc1cncn1CC1CC1)c1ccc2nc[nH]c2c1. The standard InChI is InChI=1S/C16H16N4O2/c21-16(12-3-4-14-15(5-12)19-9-18-14)22-8-13-6-17-10-20(13)7-11-1-2-11/h3-6,9-11H,1-2,7-8H2,(H,18,19). The fourth-order valence-corrected chi connectivity index (χ4v) is 2.50. The van der Waals surface area contributed by atoms with Crippen LogP contribution in [0.15, 0.2) is 37.1 Å². The molecule has 1 aliphatic carbocycles. The summed E-state index contributed by atoms with van der Waals surface area (Å²) < 4.78 is 7.48. The molecule has 6 heteroatoms. The predicted octanol–water partition coefficient (Wildman–Crippen LogP) is 2.53. The van der Waals surface area contributed by atoms with Gasteiger partial charge in [0.1, 0.15) is 6.61 Å². The molecule has 1 N–H and O–H groups in total. The first-order valence-electron chi connectivity index (χ1n) is 7.39. The number of rotatable bonds is 5. The number of carbonyl (C=O) groups is 1. The highest BCUT2D eigenvalue weighted by molar-refractivity contribution is 5.93. The van der Waals surface area contributed by atoms with Gasteiger partial charge in [0.25, 0.3) is 0 Å². The Balaban J connectivity index is 1.44. The lowest BCUT2D eigenvalue weighted by atomic mass is 10.2. The smallest absolute Gasteiger partial charge is 0.338 e. The van der Waals surface area contributed by atoms with Crippen LogP contribution in [-0.4, -0.2) is 25.5 Å². The van der Waals surface area contributed by atoms with Gasteiger partial charge in [-0.25, -0.2) is 14.8 Å². The Labute approximate surface area is 127 Å². The van der Waals surface area contributed by atoms with Gasteiger partial charge in [-0.15, -0.1) is 0 Å². The van der Waals surface area contributed by atoms with Crippen LogP contribution in [0.5, 0.6) is 0 Å². The largest absolute Gasteiger partial charge is 0.456 e. The van der Waals surface area contributed by atoms with Crippen molar-refractivity contribution in [3.05, 3.63) is 48.3 Å². The van der Waals surface area contributed by atoms with Crippen LogP contribution in [0.2, 0.25) is 0 Å². The van der Waals surface area contributed by atoms with Crippen LogP contribution in [-0.2, 0) is 17.9 Å². The number of ether oxygens (including phenoxy) is 1. The maximum Gasteiger partial charge on any atom is 0.338 e. The third kappa shape index (κ3) is 2.59. The van der Waals surface area contributed by atoms with E-state index in [1.807, 2.05) is 0 Å². The predicted molar refractivity (Wildman–Crippen MR) is 80.2 cm³/mol. The number of carbonyl (C=O) groups excluding carboxylic acids is 1. The van der Waals surface area contributed by atoms with E-state index in [-0.39, 0.29) is 12.6 Å². The third-order valence-electron chi connectivity index (χ3n) is 3.96. The van der Waals surface area contributed by atoms with Gasteiger partial charge >= 0.3 is 5.97 Å². The van der Waals surface area contributed by atoms with Crippen molar-refractivity contribution >= 4 is 17.0 Å². The van der Waals surface area contributed by atoms with E-state index in [1.54, 1.807) is 37.1 Å². The molecular weight excluding hydrogens is 280 g/mol. The van der Waals surface area contributed by atoms with Crippen molar-refractivity contribution in [2.75, 3.05) is 0 Å². The molecular formula is C16H16N4O2. The van der Waals surface area contributed by atoms with Crippen LogP contribution >= 0.6 is 0 Å². The molecule has 1 fully saturated rings. The van der Waals surface area contributed by atoms with Crippen molar-refractivity contribution in [1.82, 2.24) is 19.5 Å². The van der Waals surface area contributed by atoms with Crippen molar-refractivity contribution < 1.29 is 9.53 Å². The highest BCUT2D eigenvalue weighted by Crippen LogP contribution is 2.30. The monoisotopic (exact) mass is 296 g/mol. The topological polar surface area (TPSA) is 72.8 Å². The Morgan fingerprint density at radius 2 is 2.32 bits per heavy atom. The molecule has 1 saturated carbocycles. The summed E-state index contributed by atoms with van der Waals surface area (Å²) in [6.45, 7) is 1.21. The van der Waals surface area contributed by atoms with Crippen LogP contribution in [0.3, 0.4) is 0 Å². The molecule has 22 heavy (non-hydrogen) atoms. The molecule has 0 radical (unpaired) electrons. The summed E-state index contributed by atoms with van der Waals surface area (Å²) in [5.74, 6) is 0.419. The molecule has 0 saturated heterocycles. The van der Waals surface area contributed by atoms with Gasteiger partial charge in [0.15, 0.2) is 0 Å². The molecule has 112 valence electrons. The Kier molecular flexibility index (Phi) is 3.14. The number of nitrogens with zero attached hydrogens (tertiary/aromatic N) is 3. The lowest BCUT2D eigenvalue weighted by Crippen LogP contribution is -2.09. The summed E-state index contributed by atoms with van der Waals surface area (Å²) in [5.41, 5.74) is 3.11. The van der Waals surface area contributed by atoms with Gasteiger partial charge in [-0.1, -0.05) is 0 Å². The lowest BCUT2D eigenvalue weighted by Gasteiger charge is -2.08. The van der Waals surface area contributed by atoms with Crippen molar-refractivity contribution in [3.8, 4) is 0 Å². The number of esters is 1. The van der Waals surface area contributed by atoms with Gasteiger partial charge in [-0.3, -0.25) is 0 Å². The number of aromatic nitrogens is 4. The normalized spacial score (nSPS) is 14.4. The average molecular weight is 296 g/mol. The van der Waals surface area contributed by atoms with Gasteiger partial charge < -0.3 is 14.3 Å². The van der Waals surface area contributed by atoms with Crippen LogP contribution in [0.25, 0.3) is 11.0 Å². The molecule has 0 aliphatic heterocycles. The van der Waals surface area contributed by atoms with E-state index < -0.39 is 0 Å². The van der Waals surface area contributed by atoms with Crippen LogP contribution < -0.4 is 0 Å². The number of fused-ring (bicyclic) bond motifs is 1. The van der Waals surface area contributed by atoms with E-state index in [9.17, 15) is 4.79 Å². The molecule has 3 aromatic rings. The second kappa shape index (κ2) is 5.29. The fourth-order valence-electron chi connectivity index (χ4n) is 2.50. The molecule has 0 bridgehead atoms. The molecule has 2 aromatic heterocycles. The van der Waals surface area contributed by atoms with Crippen molar-refractivity contribution in [3.63, 3.8) is 0 Å². The van der Waals surface area contributed by atoms with E-state index in [0.29, 0.717) is 5.56 Å². The van der Waals surface area contributed by atoms with E-state index in [4.69, 9.17) is 4.74 Å². The summed E-state index contributed by atoms with van der Waals surface area (Å²) in [6, 6.07) is 5.29. The number of aromatic amines is 1. The van der Waals surface area contributed by atoms with Crippen LogP contribution in [0.1, 0.15) is 28.9 Å². The highest BCUT2D eigenvalue weighted by atomic mass is 16.5. The molecule has 4 rings (SSSR count). The zero-order chi connectivity index (χ0) is 14.9. The number of imidazole rings is 2. The van der Waals surface area contributed by atoms with Crippen LogP contribution in [0.4, 0.5) is 0 Å². The first-order chi connectivity index (χ1) is 10.8. The minimum absolute atomic E-state index is 0.243. The van der Waals surface area contributed by atoms with E-state index in [1.165, 1.54) is 12.8 Å². The first-order valence-corrected chi connectivity index (χ1v) is 7.39. The Morgan fingerprint density at radius 1 is 1.41 bits per heavy atom. The fraction of sp³-hybridized carbons (Fsp3) is 0.312. The second-order valence-electron chi connectivity index (χ2n) is 5.69. The highest BCUT2D eigenvalue weighted by Gasteiger charge is 2.22. The van der Waals surface area contributed by atoms with E-state index in [2.05, 4.69) is 19.5 Å². The van der Waals surface area contributed by atoms with E-state index >= 15 is 0 Å². The third-order valence-corrected chi connectivity index (χ3v) is 3.96. The minimum Gasteiger partial charge on any atom is -0.456 e. The Hall–Kier alpha value is -2.63.